The normalized spacial score (nSPS) is 20.3. The van der Waals surface area contributed by atoms with Gasteiger partial charge >= 0.3 is 0 Å². The first-order valence-electron chi connectivity index (χ1n) is 8.33. The largest absolute Gasteiger partial charge is 0.393 e. The van der Waals surface area contributed by atoms with E-state index in [-0.39, 0.29) is 18.0 Å². The molecule has 3 aromatic rings. The Hall–Kier alpha value is -3.02. The lowest BCUT2D eigenvalue weighted by Crippen LogP contribution is -2.36. The van der Waals surface area contributed by atoms with Gasteiger partial charge in [-0.25, -0.2) is 15.0 Å². The third kappa shape index (κ3) is 2.98. The fraction of sp³-hybridized carbons (Fsp3) is 0.333. The maximum Gasteiger partial charge on any atom is 0.240 e. The predicted octanol–water partition coefficient (Wildman–Crippen LogP) is 0.584. The van der Waals surface area contributed by atoms with Crippen LogP contribution in [0.15, 0.2) is 24.5 Å². The van der Waals surface area contributed by atoms with Crippen LogP contribution < -0.4 is 5.73 Å². The van der Waals surface area contributed by atoms with Crippen molar-refractivity contribution in [2.45, 2.75) is 32.0 Å². The molecule has 26 heavy (non-hydrogen) atoms. The molecule has 2 aromatic heterocycles. The monoisotopic (exact) mass is 350 g/mol. The number of aryl methyl sites for hydroxylation is 1. The highest BCUT2D eigenvalue weighted by Gasteiger charge is 2.32. The Morgan fingerprint density at radius 1 is 1.27 bits per heavy atom. The molecular formula is C18H18N6O2. The Labute approximate surface area is 149 Å². The molecule has 4 N–H and O–H groups in total. The molecule has 1 aromatic carbocycles. The zero-order valence-electron chi connectivity index (χ0n) is 14.2. The van der Waals surface area contributed by atoms with Crippen molar-refractivity contribution in [1.82, 2.24) is 24.5 Å². The minimum atomic E-state index is -0.732. The summed E-state index contributed by atoms with van der Waals surface area (Å²) in [5, 5.41) is 19.4. The number of anilines is 1. The molecular weight excluding hydrogens is 332 g/mol. The lowest BCUT2D eigenvalue weighted by molar-refractivity contribution is -0.00666. The van der Waals surface area contributed by atoms with Crippen molar-refractivity contribution in [2.75, 3.05) is 5.73 Å². The van der Waals surface area contributed by atoms with Crippen LogP contribution >= 0.6 is 0 Å². The van der Waals surface area contributed by atoms with Crippen molar-refractivity contribution in [1.29, 1.82) is 0 Å². The molecule has 0 radical (unpaired) electrons. The predicted molar refractivity (Wildman–Crippen MR) is 95.2 cm³/mol. The van der Waals surface area contributed by atoms with E-state index in [1.54, 1.807) is 4.57 Å². The van der Waals surface area contributed by atoms with Gasteiger partial charge in [0.2, 0.25) is 11.9 Å². The van der Waals surface area contributed by atoms with Crippen LogP contribution in [0.25, 0.3) is 17.0 Å². The highest BCUT2D eigenvalue weighted by atomic mass is 16.3. The van der Waals surface area contributed by atoms with Gasteiger partial charge in [0.05, 0.1) is 17.1 Å². The van der Waals surface area contributed by atoms with Gasteiger partial charge in [0.1, 0.15) is 18.3 Å². The van der Waals surface area contributed by atoms with Crippen molar-refractivity contribution in [3.8, 4) is 17.8 Å². The number of imidazole rings is 1. The van der Waals surface area contributed by atoms with E-state index in [1.165, 1.54) is 6.33 Å². The maximum absolute atomic E-state index is 10.1. The number of rotatable bonds is 2. The summed E-state index contributed by atoms with van der Waals surface area (Å²) in [7, 11) is 0. The van der Waals surface area contributed by atoms with Crippen molar-refractivity contribution < 1.29 is 10.2 Å². The van der Waals surface area contributed by atoms with Gasteiger partial charge in [-0.05, 0) is 38.0 Å². The SMILES string of the molecule is Cc1nc2ccc(C#CC(O)C3CC(O)C3)cc2n1-c1ncnc(N)n1. The summed E-state index contributed by atoms with van der Waals surface area (Å²) in [5.74, 6) is 7.16. The molecule has 1 atom stereocenters. The standard InChI is InChI=1S/C18H18N6O2/c1-10-22-14-4-2-11(3-5-16(26)12-7-13(25)8-12)6-15(14)24(10)18-21-9-20-17(19)23-18/h2,4,6,9,12-13,16,25-26H,7-8H2,1H3,(H2,19,20,21,23). The molecule has 1 fully saturated rings. The number of hydrogen-bond acceptors (Lipinski definition) is 7. The number of benzene rings is 1. The van der Waals surface area contributed by atoms with E-state index < -0.39 is 6.10 Å². The van der Waals surface area contributed by atoms with Crippen molar-refractivity contribution >= 4 is 17.0 Å². The van der Waals surface area contributed by atoms with Crippen molar-refractivity contribution in [3.05, 3.63) is 35.9 Å². The Bertz CT molecular complexity index is 1030. The summed E-state index contributed by atoms with van der Waals surface area (Å²) >= 11 is 0. The second kappa shape index (κ2) is 6.37. The second-order valence-electron chi connectivity index (χ2n) is 6.44. The van der Waals surface area contributed by atoms with Crippen LogP contribution in [0.4, 0.5) is 5.95 Å². The lowest BCUT2D eigenvalue weighted by Gasteiger charge is -2.32. The maximum atomic E-state index is 10.1. The summed E-state index contributed by atoms with van der Waals surface area (Å²) in [6.45, 7) is 1.86. The van der Waals surface area contributed by atoms with E-state index in [2.05, 4.69) is 31.8 Å². The quantitative estimate of drug-likeness (QED) is 0.578. The number of hydrogen-bond donors (Lipinski definition) is 3. The smallest absolute Gasteiger partial charge is 0.240 e. The van der Waals surface area contributed by atoms with E-state index in [9.17, 15) is 10.2 Å². The minimum Gasteiger partial charge on any atom is -0.393 e. The molecule has 0 aliphatic heterocycles. The van der Waals surface area contributed by atoms with Crippen LogP contribution in [-0.4, -0.2) is 46.9 Å². The summed E-state index contributed by atoms with van der Waals surface area (Å²) in [6, 6.07) is 5.60. The van der Waals surface area contributed by atoms with E-state index in [4.69, 9.17) is 5.73 Å². The number of nitrogen functional groups attached to an aromatic ring is 1. The molecule has 0 saturated heterocycles. The fourth-order valence-electron chi connectivity index (χ4n) is 3.10. The summed E-state index contributed by atoms with van der Waals surface area (Å²) in [5.41, 5.74) is 8.00. The highest BCUT2D eigenvalue weighted by Crippen LogP contribution is 2.30. The Kier molecular flexibility index (Phi) is 4.03. The molecule has 0 amide bonds. The molecule has 4 rings (SSSR count). The van der Waals surface area contributed by atoms with Gasteiger partial charge in [0.15, 0.2) is 0 Å². The van der Waals surface area contributed by atoms with Crippen LogP contribution in [0.5, 0.6) is 0 Å². The third-order valence-electron chi connectivity index (χ3n) is 4.56. The van der Waals surface area contributed by atoms with Gasteiger partial charge in [-0.2, -0.15) is 4.98 Å². The highest BCUT2D eigenvalue weighted by molar-refractivity contribution is 5.79. The van der Waals surface area contributed by atoms with Gasteiger partial charge in [-0.1, -0.05) is 11.8 Å². The van der Waals surface area contributed by atoms with Gasteiger partial charge in [0.25, 0.3) is 0 Å². The van der Waals surface area contributed by atoms with Gasteiger partial charge < -0.3 is 15.9 Å². The molecule has 2 heterocycles. The van der Waals surface area contributed by atoms with E-state index in [0.717, 1.165) is 22.4 Å². The van der Waals surface area contributed by atoms with Crippen LogP contribution in [-0.2, 0) is 0 Å². The topological polar surface area (TPSA) is 123 Å². The van der Waals surface area contributed by atoms with Gasteiger partial charge in [-0.3, -0.25) is 4.57 Å². The molecule has 1 aliphatic carbocycles. The van der Waals surface area contributed by atoms with Crippen LogP contribution in [0.2, 0.25) is 0 Å². The Balaban J connectivity index is 1.70. The average molecular weight is 350 g/mol. The van der Waals surface area contributed by atoms with Crippen LogP contribution in [0.3, 0.4) is 0 Å². The van der Waals surface area contributed by atoms with Gasteiger partial charge in [-0.15, -0.1) is 0 Å². The van der Waals surface area contributed by atoms with Gasteiger partial charge in [0, 0.05) is 11.5 Å². The van der Waals surface area contributed by atoms with E-state index >= 15 is 0 Å². The Morgan fingerprint density at radius 3 is 2.81 bits per heavy atom. The summed E-state index contributed by atoms with van der Waals surface area (Å²) in [6.07, 6.45) is 1.52. The number of aliphatic hydroxyl groups excluding tert-OH is 2. The van der Waals surface area contributed by atoms with Crippen LogP contribution in [0.1, 0.15) is 24.2 Å². The average Bonchev–Trinajstić information content (AvgIpc) is 2.92. The van der Waals surface area contributed by atoms with E-state index in [1.807, 2.05) is 25.1 Å². The number of aliphatic hydroxyl groups is 2. The summed E-state index contributed by atoms with van der Waals surface area (Å²) < 4.78 is 1.79. The molecule has 0 bridgehead atoms. The number of nitrogens with two attached hydrogens (primary N) is 1. The summed E-state index contributed by atoms with van der Waals surface area (Å²) in [4.78, 5) is 16.7. The number of aromatic nitrogens is 5. The molecule has 8 heteroatoms. The number of fused-ring (bicyclic) bond motifs is 1. The first kappa shape index (κ1) is 16.4. The fourth-order valence-corrected chi connectivity index (χ4v) is 3.10. The second-order valence-corrected chi connectivity index (χ2v) is 6.44. The molecule has 1 saturated carbocycles. The molecule has 1 unspecified atom stereocenters. The third-order valence-corrected chi connectivity index (χ3v) is 4.56. The first-order chi connectivity index (χ1) is 12.5. The molecule has 8 nitrogen and oxygen atoms in total. The van der Waals surface area contributed by atoms with Crippen molar-refractivity contribution in [3.63, 3.8) is 0 Å². The van der Waals surface area contributed by atoms with E-state index in [0.29, 0.717) is 18.8 Å². The molecule has 1 aliphatic rings. The molecule has 132 valence electrons. The lowest BCUT2D eigenvalue weighted by atomic mass is 9.79. The first-order valence-corrected chi connectivity index (χ1v) is 8.33. The van der Waals surface area contributed by atoms with Crippen LogP contribution in [0, 0.1) is 24.7 Å². The Morgan fingerprint density at radius 2 is 2.08 bits per heavy atom. The molecule has 0 spiro atoms. The van der Waals surface area contributed by atoms with Crippen molar-refractivity contribution in [2.24, 2.45) is 5.92 Å². The zero-order valence-corrected chi connectivity index (χ0v) is 14.2. The minimum absolute atomic E-state index is 0.0437. The zero-order chi connectivity index (χ0) is 18.3. The number of nitrogens with zero attached hydrogens (tertiary/aromatic N) is 5.